The van der Waals surface area contributed by atoms with Crippen LogP contribution in [-0.4, -0.2) is 27.0 Å². The molecule has 0 unspecified atom stereocenters. The standard InChI is InChI=1S/C11H10ClF3N4O/c1-3-16-10(20)8-7(12)9-17-5(2)4-6(11(13,14)15)19(9)18-8/h4H,3H2,1-2H3,(H,16,20). The van der Waals surface area contributed by atoms with E-state index in [-0.39, 0.29) is 22.1 Å². The Kier molecular flexibility index (Phi) is 3.59. The number of carbonyl (C=O) groups excluding carboxylic acids is 1. The van der Waals surface area contributed by atoms with Crippen LogP contribution in [-0.2, 0) is 6.18 Å². The summed E-state index contributed by atoms with van der Waals surface area (Å²) in [6.07, 6.45) is -4.63. The van der Waals surface area contributed by atoms with Crippen molar-refractivity contribution < 1.29 is 18.0 Å². The van der Waals surface area contributed by atoms with Crippen LogP contribution in [0.2, 0.25) is 5.02 Å². The van der Waals surface area contributed by atoms with Crippen LogP contribution in [0.3, 0.4) is 0 Å². The minimum absolute atomic E-state index is 0.133. The summed E-state index contributed by atoms with van der Waals surface area (Å²) in [5.74, 6) is -0.645. The predicted molar refractivity (Wildman–Crippen MR) is 65.7 cm³/mol. The van der Waals surface area contributed by atoms with Gasteiger partial charge in [0.05, 0.1) is 0 Å². The lowest BCUT2D eigenvalue weighted by molar-refractivity contribution is -0.142. The van der Waals surface area contributed by atoms with Gasteiger partial charge < -0.3 is 5.32 Å². The van der Waals surface area contributed by atoms with Gasteiger partial charge in [0.2, 0.25) is 0 Å². The van der Waals surface area contributed by atoms with E-state index in [1.54, 1.807) is 6.92 Å². The molecule has 0 aromatic carbocycles. The van der Waals surface area contributed by atoms with E-state index in [1.807, 2.05) is 0 Å². The summed E-state index contributed by atoms with van der Waals surface area (Å²) in [4.78, 5) is 15.6. The van der Waals surface area contributed by atoms with Crippen LogP contribution < -0.4 is 5.32 Å². The van der Waals surface area contributed by atoms with Crippen LogP contribution in [0.25, 0.3) is 5.65 Å². The molecule has 1 amide bonds. The SMILES string of the molecule is CCNC(=O)c1nn2c(C(F)(F)F)cc(C)nc2c1Cl. The molecule has 2 aromatic heterocycles. The Balaban J connectivity index is 2.73. The molecule has 9 heteroatoms. The molecule has 1 N–H and O–H groups in total. The first kappa shape index (κ1) is 14.6. The Morgan fingerprint density at radius 3 is 2.70 bits per heavy atom. The summed E-state index contributed by atoms with van der Waals surface area (Å²) in [7, 11) is 0. The molecule has 0 spiro atoms. The van der Waals surface area contributed by atoms with Crippen molar-refractivity contribution in [2.24, 2.45) is 0 Å². The van der Waals surface area contributed by atoms with Gasteiger partial charge in [-0.1, -0.05) is 11.6 Å². The van der Waals surface area contributed by atoms with Crippen molar-refractivity contribution in [1.82, 2.24) is 19.9 Å². The third kappa shape index (κ3) is 2.43. The second-order valence-electron chi connectivity index (χ2n) is 4.04. The minimum atomic E-state index is -4.63. The van der Waals surface area contributed by atoms with E-state index in [2.05, 4.69) is 15.4 Å². The second kappa shape index (κ2) is 4.93. The molecule has 2 aromatic rings. The maximum atomic E-state index is 13.0. The average Bonchev–Trinajstić information content (AvgIpc) is 2.65. The van der Waals surface area contributed by atoms with E-state index in [0.717, 1.165) is 6.07 Å². The molecule has 20 heavy (non-hydrogen) atoms. The summed E-state index contributed by atoms with van der Waals surface area (Å²) >= 11 is 5.91. The zero-order chi connectivity index (χ0) is 15.1. The van der Waals surface area contributed by atoms with Crippen molar-refractivity contribution >= 4 is 23.2 Å². The smallest absolute Gasteiger partial charge is 0.351 e. The summed E-state index contributed by atoms with van der Waals surface area (Å²) in [5, 5.41) is 5.85. The second-order valence-corrected chi connectivity index (χ2v) is 4.42. The lowest BCUT2D eigenvalue weighted by Gasteiger charge is -2.09. The molecule has 108 valence electrons. The number of fused-ring (bicyclic) bond motifs is 1. The first-order valence-corrected chi connectivity index (χ1v) is 6.04. The molecule has 0 saturated heterocycles. The largest absolute Gasteiger partial charge is 0.433 e. The molecule has 0 aliphatic carbocycles. The van der Waals surface area contributed by atoms with Gasteiger partial charge in [0, 0.05) is 12.2 Å². The number of hydrogen-bond donors (Lipinski definition) is 1. The Labute approximate surface area is 116 Å². The highest BCUT2D eigenvalue weighted by Gasteiger charge is 2.36. The maximum absolute atomic E-state index is 13.0. The van der Waals surface area contributed by atoms with E-state index in [9.17, 15) is 18.0 Å². The molecule has 0 aliphatic rings. The van der Waals surface area contributed by atoms with Crippen LogP contribution in [0.1, 0.15) is 28.8 Å². The molecule has 5 nitrogen and oxygen atoms in total. The fourth-order valence-electron chi connectivity index (χ4n) is 1.70. The first-order chi connectivity index (χ1) is 9.25. The molecule has 2 heterocycles. The Bertz CT molecular complexity index is 680. The summed E-state index contributed by atoms with van der Waals surface area (Å²) in [5.41, 5.74) is -1.37. The van der Waals surface area contributed by atoms with Crippen molar-refractivity contribution in [3.8, 4) is 0 Å². The van der Waals surface area contributed by atoms with Crippen molar-refractivity contribution in [3.63, 3.8) is 0 Å². The van der Waals surface area contributed by atoms with Gasteiger partial charge in [0.15, 0.2) is 11.3 Å². The third-order valence-electron chi connectivity index (χ3n) is 2.50. The lowest BCUT2D eigenvalue weighted by Crippen LogP contribution is -2.23. The van der Waals surface area contributed by atoms with E-state index in [1.165, 1.54) is 6.92 Å². The van der Waals surface area contributed by atoms with E-state index in [4.69, 9.17) is 11.6 Å². The lowest BCUT2D eigenvalue weighted by atomic mass is 10.3. The number of halogens is 4. The van der Waals surface area contributed by atoms with Gasteiger partial charge in [-0.25, -0.2) is 9.50 Å². The van der Waals surface area contributed by atoms with Gasteiger partial charge in [-0.05, 0) is 19.9 Å². The number of amides is 1. The van der Waals surface area contributed by atoms with Crippen molar-refractivity contribution in [3.05, 3.63) is 28.2 Å². The van der Waals surface area contributed by atoms with Crippen LogP contribution >= 0.6 is 11.6 Å². The fraction of sp³-hybridized carbons (Fsp3) is 0.364. The number of aryl methyl sites for hydroxylation is 1. The number of alkyl halides is 3. The van der Waals surface area contributed by atoms with E-state index in [0.29, 0.717) is 11.1 Å². The molecule has 0 aliphatic heterocycles. The van der Waals surface area contributed by atoms with Crippen LogP contribution in [0.4, 0.5) is 13.2 Å². The predicted octanol–water partition coefficient (Wildman–Crippen LogP) is 2.46. The number of nitrogens with one attached hydrogen (secondary N) is 1. The Morgan fingerprint density at radius 1 is 1.50 bits per heavy atom. The average molecular weight is 307 g/mol. The van der Waals surface area contributed by atoms with E-state index >= 15 is 0 Å². The highest BCUT2D eigenvalue weighted by molar-refractivity contribution is 6.36. The topological polar surface area (TPSA) is 59.3 Å². The van der Waals surface area contributed by atoms with Gasteiger partial charge >= 0.3 is 6.18 Å². The maximum Gasteiger partial charge on any atom is 0.433 e. The normalized spacial score (nSPS) is 11.9. The molecule has 0 fully saturated rings. The summed E-state index contributed by atoms with van der Waals surface area (Å²) < 4.78 is 39.4. The molecule has 0 bridgehead atoms. The monoisotopic (exact) mass is 306 g/mol. The van der Waals surface area contributed by atoms with Gasteiger partial charge in [0.1, 0.15) is 10.7 Å². The molecular weight excluding hydrogens is 297 g/mol. The third-order valence-corrected chi connectivity index (χ3v) is 2.85. The van der Waals surface area contributed by atoms with Gasteiger partial charge in [-0.15, -0.1) is 0 Å². The van der Waals surface area contributed by atoms with Gasteiger partial charge in [-0.3, -0.25) is 4.79 Å². The number of rotatable bonds is 2. The quantitative estimate of drug-likeness (QED) is 0.927. The number of hydrogen-bond acceptors (Lipinski definition) is 3. The van der Waals surface area contributed by atoms with Crippen LogP contribution in [0, 0.1) is 6.92 Å². The highest BCUT2D eigenvalue weighted by Crippen LogP contribution is 2.32. The molecular formula is C11H10ClF3N4O. The zero-order valence-electron chi connectivity index (χ0n) is 10.5. The van der Waals surface area contributed by atoms with Crippen LogP contribution in [0.5, 0.6) is 0 Å². The minimum Gasteiger partial charge on any atom is -0.351 e. The highest BCUT2D eigenvalue weighted by atomic mass is 35.5. The number of carbonyl (C=O) groups is 1. The Hall–Kier alpha value is -1.83. The zero-order valence-corrected chi connectivity index (χ0v) is 11.3. The number of aromatic nitrogens is 3. The fourth-order valence-corrected chi connectivity index (χ4v) is 1.95. The van der Waals surface area contributed by atoms with Crippen molar-refractivity contribution in [2.75, 3.05) is 6.54 Å². The first-order valence-electron chi connectivity index (χ1n) is 5.67. The van der Waals surface area contributed by atoms with Gasteiger partial charge in [0.25, 0.3) is 5.91 Å². The van der Waals surface area contributed by atoms with Crippen molar-refractivity contribution in [1.29, 1.82) is 0 Å². The number of nitrogens with zero attached hydrogens (tertiary/aromatic N) is 3. The summed E-state index contributed by atoms with van der Waals surface area (Å²) in [6.45, 7) is 3.39. The summed E-state index contributed by atoms with van der Waals surface area (Å²) in [6, 6.07) is 0.845. The molecule has 0 atom stereocenters. The Morgan fingerprint density at radius 2 is 2.15 bits per heavy atom. The molecule has 0 saturated carbocycles. The van der Waals surface area contributed by atoms with Crippen LogP contribution in [0.15, 0.2) is 6.07 Å². The molecule has 0 radical (unpaired) electrons. The van der Waals surface area contributed by atoms with E-state index < -0.39 is 17.8 Å². The molecule has 2 rings (SSSR count). The van der Waals surface area contributed by atoms with Crippen molar-refractivity contribution in [2.45, 2.75) is 20.0 Å². The van der Waals surface area contributed by atoms with Gasteiger partial charge in [-0.2, -0.15) is 18.3 Å².